The number of nitriles is 1. The van der Waals surface area contributed by atoms with Gasteiger partial charge in [0.2, 0.25) is 5.95 Å². The van der Waals surface area contributed by atoms with E-state index in [1.807, 2.05) is 18.2 Å². The minimum Gasteiger partial charge on any atom is -0.494 e. The quantitative estimate of drug-likeness (QED) is 0.312. The smallest absolute Gasteiger partial charge is 0.227 e. The van der Waals surface area contributed by atoms with Crippen LogP contribution in [-0.2, 0) is 22.7 Å². The van der Waals surface area contributed by atoms with E-state index in [4.69, 9.17) is 14.1 Å². The molecule has 2 aliphatic rings. The second-order valence-corrected chi connectivity index (χ2v) is 17.4. The van der Waals surface area contributed by atoms with Crippen molar-refractivity contribution in [1.29, 1.82) is 5.26 Å². The fraction of sp³-hybridized carbons (Fsp3) is 0.452. The van der Waals surface area contributed by atoms with E-state index in [0.29, 0.717) is 12.6 Å². The van der Waals surface area contributed by atoms with Gasteiger partial charge >= 0.3 is 0 Å². The Labute approximate surface area is 233 Å². The summed E-state index contributed by atoms with van der Waals surface area (Å²) in [5.74, 6) is 1.22. The number of nitrogens with one attached hydrogen (secondary N) is 2. The molecule has 2 heterocycles. The highest BCUT2D eigenvalue weighted by atomic mass is 28.4. The Morgan fingerprint density at radius 3 is 2.69 bits per heavy atom. The SMILES string of the molecule is COc1cc2c(cc1Nc1nccc(-c3cc(C#N)c4c(c3)C(C)(CO[Si](C)(C)C(C)(C)C)CC4)n1)CCN2. The van der Waals surface area contributed by atoms with E-state index in [9.17, 15) is 5.26 Å². The maximum atomic E-state index is 10.1. The molecule has 204 valence electrons. The molecule has 7 nitrogen and oxygen atoms in total. The van der Waals surface area contributed by atoms with Crippen molar-refractivity contribution >= 4 is 25.6 Å². The van der Waals surface area contributed by atoms with Gasteiger partial charge < -0.3 is 19.8 Å². The monoisotopic (exact) mass is 541 g/mol. The van der Waals surface area contributed by atoms with E-state index in [1.54, 1.807) is 13.3 Å². The van der Waals surface area contributed by atoms with Crippen molar-refractivity contribution in [2.24, 2.45) is 0 Å². The fourth-order valence-electron chi connectivity index (χ4n) is 5.26. The third-order valence-electron chi connectivity index (χ3n) is 8.84. The Kier molecular flexibility index (Phi) is 6.94. The van der Waals surface area contributed by atoms with Crippen LogP contribution in [-0.4, -0.2) is 38.5 Å². The van der Waals surface area contributed by atoms with Crippen molar-refractivity contribution in [3.63, 3.8) is 0 Å². The molecule has 8 heteroatoms. The molecule has 0 bridgehead atoms. The Bertz CT molecular complexity index is 1460. The standard InChI is InChI=1S/C31H39N5O2Si/c1-30(2,3)39(6,7)38-19-31(4)11-8-23-22(18-32)14-21(15-24(23)31)25-10-13-34-29(35-25)36-27-16-20-9-12-33-26(20)17-28(27)37-5/h10,13-17,33H,8-9,11-12,19H2,1-7H3,(H,34,35,36). The highest BCUT2D eigenvalue weighted by Crippen LogP contribution is 2.45. The Morgan fingerprint density at radius 1 is 1.18 bits per heavy atom. The van der Waals surface area contributed by atoms with Crippen LogP contribution in [0.15, 0.2) is 36.5 Å². The maximum absolute atomic E-state index is 10.1. The number of rotatable bonds is 7. The van der Waals surface area contributed by atoms with Gasteiger partial charge in [0.05, 0.1) is 30.1 Å². The van der Waals surface area contributed by atoms with Gasteiger partial charge in [-0.1, -0.05) is 27.7 Å². The van der Waals surface area contributed by atoms with Gasteiger partial charge in [0.1, 0.15) is 5.75 Å². The van der Waals surface area contributed by atoms with Gasteiger partial charge in [0.25, 0.3) is 0 Å². The number of ether oxygens (including phenoxy) is 1. The van der Waals surface area contributed by atoms with Gasteiger partial charge in [-0.2, -0.15) is 5.26 Å². The first-order chi connectivity index (χ1) is 18.4. The zero-order chi connectivity index (χ0) is 28.0. The predicted molar refractivity (Wildman–Crippen MR) is 159 cm³/mol. The number of anilines is 3. The van der Waals surface area contributed by atoms with Crippen LogP contribution in [0, 0.1) is 11.3 Å². The molecule has 0 saturated heterocycles. The molecular weight excluding hydrogens is 502 g/mol. The molecule has 0 spiro atoms. The second-order valence-electron chi connectivity index (χ2n) is 12.5. The number of nitrogens with zero attached hydrogens (tertiary/aromatic N) is 3. The van der Waals surface area contributed by atoms with Crippen LogP contribution < -0.4 is 15.4 Å². The van der Waals surface area contributed by atoms with Crippen molar-refractivity contribution in [3.8, 4) is 23.1 Å². The number of methoxy groups -OCH3 is 1. The van der Waals surface area contributed by atoms with Gasteiger partial charge in [-0.25, -0.2) is 9.97 Å². The molecule has 0 fully saturated rings. The highest BCUT2D eigenvalue weighted by molar-refractivity contribution is 6.74. The molecule has 0 amide bonds. The third-order valence-corrected chi connectivity index (χ3v) is 13.3. The molecule has 5 rings (SSSR count). The summed E-state index contributed by atoms with van der Waals surface area (Å²) in [5, 5.41) is 16.9. The molecule has 3 aromatic rings. The molecule has 1 aliphatic carbocycles. The highest BCUT2D eigenvalue weighted by Gasteiger charge is 2.42. The summed E-state index contributed by atoms with van der Waals surface area (Å²) in [6, 6.07) is 12.6. The van der Waals surface area contributed by atoms with Crippen molar-refractivity contribution in [1.82, 2.24) is 9.97 Å². The first-order valence-electron chi connectivity index (χ1n) is 13.7. The second kappa shape index (κ2) is 9.96. The van der Waals surface area contributed by atoms with Gasteiger partial charge in [0.15, 0.2) is 8.32 Å². The van der Waals surface area contributed by atoms with E-state index >= 15 is 0 Å². The summed E-state index contributed by atoms with van der Waals surface area (Å²) in [6.07, 6.45) is 4.59. The van der Waals surface area contributed by atoms with Crippen LogP contribution in [0.4, 0.5) is 17.3 Å². The third kappa shape index (κ3) is 5.13. The van der Waals surface area contributed by atoms with Gasteiger partial charge in [-0.15, -0.1) is 0 Å². The minimum absolute atomic E-state index is 0.146. The Balaban J connectivity index is 1.47. The summed E-state index contributed by atoms with van der Waals surface area (Å²) >= 11 is 0. The van der Waals surface area contributed by atoms with Crippen molar-refractivity contribution in [2.75, 3.05) is 30.9 Å². The molecule has 1 aromatic heterocycles. The van der Waals surface area contributed by atoms with Crippen LogP contribution in [0.3, 0.4) is 0 Å². The summed E-state index contributed by atoms with van der Waals surface area (Å²) in [7, 11) is -0.242. The van der Waals surface area contributed by atoms with Gasteiger partial charge in [-0.05, 0) is 78.4 Å². The van der Waals surface area contributed by atoms with Crippen LogP contribution >= 0.6 is 0 Å². The first kappa shape index (κ1) is 27.2. The molecule has 39 heavy (non-hydrogen) atoms. The van der Waals surface area contributed by atoms with Crippen LogP contribution in [0.2, 0.25) is 18.1 Å². The lowest BCUT2D eigenvalue weighted by Crippen LogP contribution is -2.44. The van der Waals surface area contributed by atoms with E-state index in [1.165, 1.54) is 11.1 Å². The van der Waals surface area contributed by atoms with Crippen molar-refractivity contribution in [2.45, 2.75) is 70.5 Å². The minimum atomic E-state index is -1.91. The fourth-order valence-corrected chi connectivity index (χ4v) is 6.38. The summed E-state index contributed by atoms with van der Waals surface area (Å²) < 4.78 is 12.3. The number of fused-ring (bicyclic) bond motifs is 2. The lowest BCUT2D eigenvalue weighted by Gasteiger charge is -2.39. The summed E-state index contributed by atoms with van der Waals surface area (Å²) in [6.45, 7) is 15.3. The lowest BCUT2D eigenvalue weighted by molar-refractivity contribution is 0.208. The van der Waals surface area contributed by atoms with Crippen molar-refractivity contribution in [3.05, 3.63) is 58.8 Å². The van der Waals surface area contributed by atoms with Crippen LogP contribution in [0.25, 0.3) is 11.3 Å². The van der Waals surface area contributed by atoms with Gasteiger partial charge in [-0.3, -0.25) is 0 Å². The zero-order valence-electron chi connectivity index (χ0n) is 24.2. The molecule has 2 N–H and O–H groups in total. The van der Waals surface area contributed by atoms with Crippen molar-refractivity contribution < 1.29 is 9.16 Å². The normalized spacial score (nSPS) is 18.2. The lowest BCUT2D eigenvalue weighted by atomic mass is 9.83. The molecule has 2 aromatic carbocycles. The zero-order valence-corrected chi connectivity index (χ0v) is 25.2. The van der Waals surface area contributed by atoms with E-state index < -0.39 is 8.32 Å². The molecule has 0 saturated carbocycles. The number of hydrogen-bond donors (Lipinski definition) is 2. The molecule has 0 radical (unpaired) electrons. The Morgan fingerprint density at radius 2 is 1.97 bits per heavy atom. The average molecular weight is 542 g/mol. The van der Waals surface area contributed by atoms with E-state index in [-0.39, 0.29) is 10.5 Å². The molecular formula is C31H39N5O2Si. The number of benzene rings is 2. The molecule has 1 aliphatic heterocycles. The molecule has 1 unspecified atom stereocenters. The van der Waals surface area contributed by atoms with Crippen LogP contribution in [0.1, 0.15) is 56.4 Å². The van der Waals surface area contributed by atoms with Gasteiger partial charge in [0, 0.05) is 42.1 Å². The Hall–Kier alpha value is -3.41. The maximum Gasteiger partial charge on any atom is 0.227 e. The summed E-state index contributed by atoms with van der Waals surface area (Å²) in [5.41, 5.74) is 7.79. The largest absolute Gasteiger partial charge is 0.494 e. The predicted octanol–water partition coefficient (Wildman–Crippen LogP) is 6.96. The summed E-state index contributed by atoms with van der Waals surface area (Å²) in [4.78, 5) is 9.32. The molecule has 1 atom stereocenters. The van der Waals surface area contributed by atoms with E-state index in [0.717, 1.165) is 65.3 Å². The van der Waals surface area contributed by atoms with Crippen LogP contribution in [0.5, 0.6) is 5.75 Å². The number of aromatic nitrogens is 2. The topological polar surface area (TPSA) is 92.1 Å². The first-order valence-corrected chi connectivity index (χ1v) is 16.6. The average Bonchev–Trinajstić information content (AvgIpc) is 3.50. The van der Waals surface area contributed by atoms with E-state index in [2.05, 4.69) is 74.6 Å². The number of hydrogen-bond acceptors (Lipinski definition) is 7.